The van der Waals surface area contributed by atoms with E-state index in [9.17, 15) is 9.59 Å². The van der Waals surface area contributed by atoms with Gasteiger partial charge in [-0.1, -0.05) is 36.4 Å². The Morgan fingerprint density at radius 1 is 0.952 bits per heavy atom. The first kappa shape index (κ1) is 13.1. The average molecular weight is 279 g/mol. The molecular weight excluding hydrogens is 266 g/mol. The predicted octanol–water partition coefficient (Wildman–Crippen LogP) is 2.96. The van der Waals surface area contributed by atoms with Crippen LogP contribution in [0.5, 0.6) is 0 Å². The summed E-state index contributed by atoms with van der Waals surface area (Å²) in [7, 11) is 0. The minimum Gasteiger partial charge on any atom is -0.481 e. The smallest absolute Gasteiger partial charge is 0.309 e. The highest BCUT2D eigenvalue weighted by Crippen LogP contribution is 2.21. The molecule has 0 bridgehead atoms. The van der Waals surface area contributed by atoms with Gasteiger partial charge in [-0.25, -0.2) is 0 Å². The quantitative estimate of drug-likeness (QED) is 0.802. The number of carboxylic acids is 1. The number of benzene rings is 2. The molecule has 1 aromatic heterocycles. The first-order valence-electron chi connectivity index (χ1n) is 6.58. The second-order valence-corrected chi connectivity index (χ2v) is 4.77. The molecule has 0 aliphatic rings. The Morgan fingerprint density at radius 3 is 2.33 bits per heavy atom. The lowest BCUT2D eigenvalue weighted by Gasteiger charge is -2.08. The zero-order chi connectivity index (χ0) is 14.8. The SMILES string of the molecule is O=C(O)Cc1cc2ccccc2n1C(=O)c1ccccc1. The van der Waals surface area contributed by atoms with Crippen molar-refractivity contribution >= 4 is 22.8 Å². The summed E-state index contributed by atoms with van der Waals surface area (Å²) in [5, 5.41) is 9.90. The lowest BCUT2D eigenvalue weighted by Crippen LogP contribution is -2.16. The van der Waals surface area contributed by atoms with Crippen LogP contribution in [0.15, 0.2) is 60.7 Å². The molecule has 0 amide bonds. The molecule has 4 nitrogen and oxygen atoms in total. The molecule has 0 unspecified atom stereocenters. The third kappa shape index (κ3) is 2.43. The summed E-state index contributed by atoms with van der Waals surface area (Å²) in [5.41, 5.74) is 1.74. The van der Waals surface area contributed by atoms with Gasteiger partial charge in [0.05, 0.1) is 11.9 Å². The molecular formula is C17H13NO3. The fraction of sp³-hybridized carbons (Fsp3) is 0.0588. The van der Waals surface area contributed by atoms with Gasteiger partial charge in [-0.2, -0.15) is 0 Å². The number of hydrogen-bond donors (Lipinski definition) is 1. The number of carboxylic acid groups (broad SMARTS) is 1. The summed E-state index contributed by atoms with van der Waals surface area (Å²) >= 11 is 0. The Kier molecular flexibility index (Phi) is 3.28. The van der Waals surface area contributed by atoms with Crippen molar-refractivity contribution in [1.29, 1.82) is 0 Å². The summed E-state index contributed by atoms with van der Waals surface area (Å²) in [6.07, 6.45) is -0.187. The monoisotopic (exact) mass is 279 g/mol. The van der Waals surface area contributed by atoms with E-state index in [4.69, 9.17) is 5.11 Å². The number of nitrogens with zero attached hydrogens (tertiary/aromatic N) is 1. The van der Waals surface area contributed by atoms with Crippen LogP contribution in [-0.4, -0.2) is 21.6 Å². The highest BCUT2D eigenvalue weighted by atomic mass is 16.4. The van der Waals surface area contributed by atoms with Crippen LogP contribution < -0.4 is 0 Å². The molecule has 1 heterocycles. The Balaban J connectivity index is 2.19. The van der Waals surface area contributed by atoms with Gasteiger partial charge < -0.3 is 5.11 Å². The van der Waals surface area contributed by atoms with E-state index in [1.54, 1.807) is 30.3 Å². The van der Waals surface area contributed by atoms with Crippen molar-refractivity contribution in [1.82, 2.24) is 4.57 Å². The van der Waals surface area contributed by atoms with E-state index in [0.29, 0.717) is 11.3 Å². The van der Waals surface area contributed by atoms with Crippen LogP contribution in [0.2, 0.25) is 0 Å². The molecule has 104 valence electrons. The Bertz CT molecular complexity index is 818. The van der Waals surface area contributed by atoms with Crippen molar-refractivity contribution in [2.45, 2.75) is 6.42 Å². The van der Waals surface area contributed by atoms with Crippen molar-refractivity contribution in [3.05, 3.63) is 71.9 Å². The van der Waals surface area contributed by atoms with Gasteiger partial charge in [0.25, 0.3) is 5.91 Å². The third-order valence-electron chi connectivity index (χ3n) is 3.34. The van der Waals surface area contributed by atoms with Crippen LogP contribution in [-0.2, 0) is 11.2 Å². The van der Waals surface area contributed by atoms with Crippen molar-refractivity contribution < 1.29 is 14.7 Å². The molecule has 0 aliphatic carbocycles. The number of aromatic nitrogens is 1. The molecule has 21 heavy (non-hydrogen) atoms. The number of fused-ring (bicyclic) bond motifs is 1. The zero-order valence-corrected chi connectivity index (χ0v) is 11.2. The number of carbonyl (C=O) groups excluding carboxylic acids is 1. The van der Waals surface area contributed by atoms with Crippen LogP contribution in [0.4, 0.5) is 0 Å². The van der Waals surface area contributed by atoms with Crippen LogP contribution in [0.3, 0.4) is 0 Å². The largest absolute Gasteiger partial charge is 0.481 e. The molecule has 1 N–H and O–H groups in total. The Labute approximate surface area is 121 Å². The van der Waals surface area contributed by atoms with Gasteiger partial charge in [0, 0.05) is 16.6 Å². The number of carbonyl (C=O) groups is 2. The Morgan fingerprint density at radius 2 is 1.62 bits per heavy atom. The zero-order valence-electron chi connectivity index (χ0n) is 11.2. The second-order valence-electron chi connectivity index (χ2n) is 4.77. The maximum Gasteiger partial charge on any atom is 0.309 e. The molecule has 2 aromatic carbocycles. The molecule has 0 radical (unpaired) electrons. The van der Waals surface area contributed by atoms with E-state index in [1.807, 2.05) is 30.3 Å². The number of hydrogen-bond acceptors (Lipinski definition) is 2. The predicted molar refractivity (Wildman–Crippen MR) is 79.4 cm³/mol. The molecule has 0 fully saturated rings. The van der Waals surface area contributed by atoms with E-state index >= 15 is 0 Å². The normalized spacial score (nSPS) is 10.7. The van der Waals surface area contributed by atoms with E-state index < -0.39 is 5.97 Å². The van der Waals surface area contributed by atoms with Crippen molar-refractivity contribution in [2.24, 2.45) is 0 Å². The first-order valence-corrected chi connectivity index (χ1v) is 6.58. The van der Waals surface area contributed by atoms with Crippen molar-refractivity contribution in [3.63, 3.8) is 0 Å². The van der Waals surface area contributed by atoms with Crippen LogP contribution in [0.1, 0.15) is 16.1 Å². The van der Waals surface area contributed by atoms with Gasteiger partial charge in [0.2, 0.25) is 0 Å². The summed E-state index contributed by atoms with van der Waals surface area (Å²) in [4.78, 5) is 23.7. The van der Waals surface area contributed by atoms with Gasteiger partial charge in [0.1, 0.15) is 0 Å². The topological polar surface area (TPSA) is 59.3 Å². The minimum absolute atomic E-state index is 0.187. The Hall–Kier alpha value is -2.88. The summed E-state index contributed by atoms with van der Waals surface area (Å²) in [6.45, 7) is 0. The summed E-state index contributed by atoms with van der Waals surface area (Å²) in [5.74, 6) is -1.17. The minimum atomic E-state index is -0.958. The molecule has 4 heteroatoms. The molecule has 0 saturated carbocycles. The molecule has 0 atom stereocenters. The third-order valence-corrected chi connectivity index (χ3v) is 3.34. The maximum absolute atomic E-state index is 12.7. The summed E-state index contributed by atoms with van der Waals surface area (Å²) in [6, 6.07) is 18.0. The van der Waals surface area contributed by atoms with E-state index in [1.165, 1.54) is 4.57 Å². The summed E-state index contributed by atoms with van der Waals surface area (Å²) < 4.78 is 1.48. The standard InChI is InChI=1S/C17H13NO3/c19-16(20)11-14-10-13-8-4-5-9-15(13)18(14)17(21)12-6-2-1-3-7-12/h1-10H,11H2,(H,19,20). The maximum atomic E-state index is 12.7. The molecule has 3 aromatic rings. The van der Waals surface area contributed by atoms with Crippen LogP contribution >= 0.6 is 0 Å². The molecule has 0 spiro atoms. The van der Waals surface area contributed by atoms with Gasteiger partial charge in [0.15, 0.2) is 0 Å². The average Bonchev–Trinajstić information content (AvgIpc) is 2.84. The van der Waals surface area contributed by atoms with E-state index in [-0.39, 0.29) is 12.3 Å². The lowest BCUT2D eigenvalue weighted by molar-refractivity contribution is -0.136. The fourth-order valence-corrected chi connectivity index (χ4v) is 2.45. The molecule has 0 saturated heterocycles. The van der Waals surface area contributed by atoms with Crippen molar-refractivity contribution in [2.75, 3.05) is 0 Å². The van der Waals surface area contributed by atoms with Gasteiger partial charge in [-0.05, 0) is 24.3 Å². The van der Waals surface area contributed by atoms with Crippen LogP contribution in [0.25, 0.3) is 10.9 Å². The first-order chi connectivity index (χ1) is 10.2. The van der Waals surface area contributed by atoms with E-state index in [2.05, 4.69) is 0 Å². The van der Waals surface area contributed by atoms with Gasteiger partial charge in [-0.3, -0.25) is 14.2 Å². The van der Waals surface area contributed by atoms with Crippen molar-refractivity contribution in [3.8, 4) is 0 Å². The molecule has 3 rings (SSSR count). The van der Waals surface area contributed by atoms with Gasteiger partial charge >= 0.3 is 5.97 Å². The highest BCUT2D eigenvalue weighted by Gasteiger charge is 2.17. The lowest BCUT2D eigenvalue weighted by atomic mass is 10.2. The highest BCUT2D eigenvalue weighted by molar-refractivity contribution is 6.03. The number of aliphatic carboxylic acids is 1. The number of para-hydroxylation sites is 1. The van der Waals surface area contributed by atoms with Gasteiger partial charge in [-0.15, -0.1) is 0 Å². The molecule has 0 aliphatic heterocycles. The second kappa shape index (κ2) is 5.25. The van der Waals surface area contributed by atoms with E-state index in [0.717, 1.165) is 10.9 Å². The number of rotatable bonds is 3. The fourth-order valence-electron chi connectivity index (χ4n) is 2.45. The van der Waals surface area contributed by atoms with Crippen LogP contribution in [0, 0.1) is 0 Å².